The van der Waals surface area contributed by atoms with Crippen molar-refractivity contribution in [3.05, 3.63) is 35.4 Å². The zero-order valence-electron chi connectivity index (χ0n) is 8.82. The zero-order valence-corrected chi connectivity index (χ0v) is 8.82. The molecule has 0 spiro atoms. The molecule has 0 aliphatic heterocycles. The zero-order chi connectivity index (χ0) is 11.6. The summed E-state index contributed by atoms with van der Waals surface area (Å²) in [5, 5.41) is 19.5. The molecule has 0 fully saturated rings. The highest BCUT2D eigenvalue weighted by Gasteiger charge is 2.18. The van der Waals surface area contributed by atoms with E-state index in [9.17, 15) is 15.0 Å². The van der Waals surface area contributed by atoms with Gasteiger partial charge in [-0.3, -0.25) is 4.79 Å². The van der Waals surface area contributed by atoms with Gasteiger partial charge in [0, 0.05) is 11.5 Å². The fraction of sp³-hybridized carbons (Fsp3) is 0.250. The molecule has 1 aromatic carbocycles. The molecule has 80 valence electrons. The van der Waals surface area contributed by atoms with Crippen LogP contribution in [0.3, 0.4) is 0 Å². The Morgan fingerprint density at radius 1 is 1.47 bits per heavy atom. The molecule has 0 saturated carbocycles. The second-order valence-electron chi connectivity index (χ2n) is 3.53. The molecule has 0 saturated heterocycles. The van der Waals surface area contributed by atoms with Crippen molar-refractivity contribution in [2.24, 2.45) is 0 Å². The maximum Gasteiger partial charge on any atom is 0.154 e. The number of carbonyl (C=O) groups excluding carboxylic acids is 1. The molecule has 3 heteroatoms. The van der Waals surface area contributed by atoms with Crippen LogP contribution in [0.1, 0.15) is 34.3 Å². The van der Waals surface area contributed by atoms with E-state index in [-0.39, 0.29) is 23.0 Å². The first-order valence-electron chi connectivity index (χ1n) is 4.66. The van der Waals surface area contributed by atoms with Gasteiger partial charge in [0.15, 0.2) is 6.29 Å². The van der Waals surface area contributed by atoms with Crippen LogP contribution in [0.25, 0.3) is 0 Å². The molecule has 0 amide bonds. The topological polar surface area (TPSA) is 57.5 Å². The molecule has 1 atom stereocenters. The summed E-state index contributed by atoms with van der Waals surface area (Å²) in [4.78, 5) is 10.8. The lowest BCUT2D eigenvalue weighted by Crippen LogP contribution is -1.96. The van der Waals surface area contributed by atoms with Crippen LogP contribution in [0.4, 0.5) is 0 Å². The average molecular weight is 206 g/mol. The van der Waals surface area contributed by atoms with Crippen LogP contribution in [0.2, 0.25) is 0 Å². The lowest BCUT2D eigenvalue weighted by Gasteiger charge is -2.14. The fourth-order valence-electron chi connectivity index (χ4n) is 1.53. The Morgan fingerprint density at radius 2 is 2.07 bits per heavy atom. The number of phenolic OH excluding ortho intramolecular Hbond substituents is 2. The fourth-order valence-corrected chi connectivity index (χ4v) is 1.53. The van der Waals surface area contributed by atoms with Crippen molar-refractivity contribution >= 4 is 6.29 Å². The standard InChI is InChI=1S/C12H14O3/c1-4-7(2)11-10(14)5-8(3)9(6-13)12(11)15/h4-7,14-15H,1H2,2-3H3. The summed E-state index contributed by atoms with van der Waals surface area (Å²) in [6.07, 6.45) is 2.18. The van der Waals surface area contributed by atoms with Crippen molar-refractivity contribution in [3.63, 3.8) is 0 Å². The highest BCUT2D eigenvalue weighted by Crippen LogP contribution is 2.38. The third-order valence-electron chi connectivity index (χ3n) is 2.49. The van der Waals surface area contributed by atoms with Gasteiger partial charge in [0.1, 0.15) is 11.5 Å². The molecule has 1 unspecified atom stereocenters. The van der Waals surface area contributed by atoms with Crippen LogP contribution in [0.5, 0.6) is 11.5 Å². The van der Waals surface area contributed by atoms with E-state index in [1.165, 1.54) is 6.07 Å². The number of phenols is 2. The maximum absolute atomic E-state index is 10.8. The van der Waals surface area contributed by atoms with Gasteiger partial charge in [-0.05, 0) is 18.6 Å². The lowest BCUT2D eigenvalue weighted by molar-refractivity contribution is 0.112. The molecular weight excluding hydrogens is 192 g/mol. The quantitative estimate of drug-likeness (QED) is 0.590. The Balaban J connectivity index is 3.51. The third-order valence-corrected chi connectivity index (χ3v) is 2.49. The molecule has 15 heavy (non-hydrogen) atoms. The van der Waals surface area contributed by atoms with E-state index in [4.69, 9.17) is 0 Å². The number of rotatable bonds is 3. The number of aldehydes is 1. The maximum atomic E-state index is 10.8. The summed E-state index contributed by atoms with van der Waals surface area (Å²) in [5.41, 5.74) is 1.12. The van der Waals surface area contributed by atoms with Crippen molar-refractivity contribution < 1.29 is 15.0 Å². The minimum Gasteiger partial charge on any atom is -0.507 e. The molecule has 0 aliphatic rings. The predicted molar refractivity (Wildman–Crippen MR) is 58.5 cm³/mol. The van der Waals surface area contributed by atoms with Crippen molar-refractivity contribution in [2.75, 3.05) is 0 Å². The van der Waals surface area contributed by atoms with E-state index in [0.29, 0.717) is 17.4 Å². The summed E-state index contributed by atoms with van der Waals surface area (Å²) in [5.74, 6) is -0.373. The number of benzene rings is 1. The first-order chi connectivity index (χ1) is 7.02. The smallest absolute Gasteiger partial charge is 0.154 e. The van der Waals surface area contributed by atoms with Crippen LogP contribution in [0.15, 0.2) is 18.7 Å². The molecule has 0 aliphatic carbocycles. The normalized spacial score (nSPS) is 12.1. The average Bonchev–Trinajstić information content (AvgIpc) is 2.17. The Kier molecular flexibility index (Phi) is 3.14. The van der Waals surface area contributed by atoms with Crippen LogP contribution >= 0.6 is 0 Å². The minimum atomic E-state index is -0.204. The van der Waals surface area contributed by atoms with Crippen LogP contribution in [-0.2, 0) is 0 Å². The van der Waals surface area contributed by atoms with Gasteiger partial charge in [0.25, 0.3) is 0 Å². The summed E-state index contributed by atoms with van der Waals surface area (Å²) < 4.78 is 0. The van der Waals surface area contributed by atoms with Crippen molar-refractivity contribution in [1.29, 1.82) is 0 Å². The summed E-state index contributed by atoms with van der Waals surface area (Å²) in [6, 6.07) is 1.47. The second kappa shape index (κ2) is 4.17. The molecule has 0 aromatic heterocycles. The van der Waals surface area contributed by atoms with Crippen LogP contribution in [0, 0.1) is 6.92 Å². The van der Waals surface area contributed by atoms with Crippen molar-refractivity contribution in [2.45, 2.75) is 19.8 Å². The van der Waals surface area contributed by atoms with Crippen molar-refractivity contribution in [1.82, 2.24) is 0 Å². The van der Waals surface area contributed by atoms with Gasteiger partial charge < -0.3 is 10.2 Å². The Morgan fingerprint density at radius 3 is 2.53 bits per heavy atom. The number of carbonyl (C=O) groups is 1. The van der Waals surface area contributed by atoms with Gasteiger partial charge in [0.2, 0.25) is 0 Å². The molecule has 1 aromatic rings. The molecule has 0 radical (unpaired) electrons. The number of hydrogen-bond acceptors (Lipinski definition) is 3. The van der Waals surface area contributed by atoms with E-state index < -0.39 is 0 Å². The Bertz CT molecular complexity index is 408. The first-order valence-corrected chi connectivity index (χ1v) is 4.66. The monoisotopic (exact) mass is 206 g/mol. The number of hydrogen-bond donors (Lipinski definition) is 2. The van der Waals surface area contributed by atoms with E-state index in [1.54, 1.807) is 19.9 Å². The van der Waals surface area contributed by atoms with Crippen LogP contribution in [-0.4, -0.2) is 16.5 Å². The second-order valence-corrected chi connectivity index (χ2v) is 3.53. The Hall–Kier alpha value is -1.77. The molecule has 3 nitrogen and oxygen atoms in total. The number of allylic oxidation sites excluding steroid dienone is 1. The highest BCUT2D eigenvalue weighted by molar-refractivity contribution is 5.83. The van der Waals surface area contributed by atoms with Gasteiger partial charge in [0.05, 0.1) is 5.56 Å². The molecule has 0 bridgehead atoms. The van der Waals surface area contributed by atoms with E-state index in [1.807, 2.05) is 0 Å². The first kappa shape index (κ1) is 11.3. The lowest BCUT2D eigenvalue weighted by atomic mass is 9.94. The van der Waals surface area contributed by atoms with Gasteiger partial charge in [-0.15, -0.1) is 6.58 Å². The predicted octanol–water partition coefficient (Wildman–Crippen LogP) is 2.51. The molecule has 2 N–H and O–H groups in total. The summed E-state index contributed by atoms with van der Waals surface area (Å²) in [7, 11) is 0. The largest absolute Gasteiger partial charge is 0.507 e. The van der Waals surface area contributed by atoms with Gasteiger partial charge in [-0.2, -0.15) is 0 Å². The van der Waals surface area contributed by atoms with E-state index >= 15 is 0 Å². The van der Waals surface area contributed by atoms with E-state index in [0.717, 1.165) is 0 Å². The number of aryl methyl sites for hydroxylation is 1. The molecular formula is C12H14O3. The number of aromatic hydroxyl groups is 2. The van der Waals surface area contributed by atoms with E-state index in [2.05, 4.69) is 6.58 Å². The minimum absolute atomic E-state index is 0.0111. The SMILES string of the molecule is C=CC(C)c1c(O)cc(C)c(C=O)c1O. The third kappa shape index (κ3) is 1.86. The highest BCUT2D eigenvalue weighted by atomic mass is 16.3. The van der Waals surface area contributed by atoms with Gasteiger partial charge >= 0.3 is 0 Å². The molecule has 0 heterocycles. The van der Waals surface area contributed by atoms with Crippen molar-refractivity contribution in [3.8, 4) is 11.5 Å². The van der Waals surface area contributed by atoms with Gasteiger partial charge in [-0.25, -0.2) is 0 Å². The van der Waals surface area contributed by atoms with Gasteiger partial charge in [-0.1, -0.05) is 13.0 Å². The summed E-state index contributed by atoms with van der Waals surface area (Å²) >= 11 is 0. The summed E-state index contributed by atoms with van der Waals surface area (Å²) in [6.45, 7) is 7.03. The van der Waals surface area contributed by atoms with Crippen LogP contribution < -0.4 is 0 Å². The Labute approximate surface area is 88.7 Å². The molecule has 1 rings (SSSR count).